The number of aliphatic imine (C=N–C) groups is 2. The number of carbonyl (C=O) groups is 1. The third kappa shape index (κ3) is 4.06. The summed E-state index contributed by atoms with van der Waals surface area (Å²) in [7, 11) is -1.64. The number of rotatable bonds is 4. The summed E-state index contributed by atoms with van der Waals surface area (Å²) in [5, 5.41) is 0. The summed E-state index contributed by atoms with van der Waals surface area (Å²) >= 11 is 0. The molecule has 1 amide bonds. The van der Waals surface area contributed by atoms with Gasteiger partial charge in [0.1, 0.15) is 23.5 Å². The van der Waals surface area contributed by atoms with Crippen molar-refractivity contribution in [1.29, 1.82) is 0 Å². The first-order chi connectivity index (χ1) is 16.3. The molecule has 0 aromatic heterocycles. The first kappa shape index (κ1) is 22.5. The number of halogens is 1. The molecule has 0 N–H and O–H groups in total. The van der Waals surface area contributed by atoms with Gasteiger partial charge >= 0.3 is 6.09 Å². The maximum atomic E-state index is 13.5. The first-order valence-corrected chi connectivity index (χ1v) is 12.9. The zero-order valence-corrected chi connectivity index (χ0v) is 19.6. The van der Waals surface area contributed by atoms with E-state index in [0.717, 1.165) is 5.56 Å². The van der Waals surface area contributed by atoms with Gasteiger partial charge in [-0.2, -0.15) is 0 Å². The van der Waals surface area contributed by atoms with Gasteiger partial charge in [0.05, 0.1) is 30.0 Å². The summed E-state index contributed by atoms with van der Waals surface area (Å²) in [6, 6.07) is 9.30. The molecule has 2 atom stereocenters. The average Bonchev–Trinajstić information content (AvgIpc) is 3.28. The summed E-state index contributed by atoms with van der Waals surface area (Å²) in [6.07, 6.45) is 2.09. The van der Waals surface area contributed by atoms with E-state index in [4.69, 9.17) is 9.47 Å². The lowest BCUT2D eigenvalue weighted by molar-refractivity contribution is 0.175. The van der Waals surface area contributed by atoms with Crippen molar-refractivity contribution in [2.45, 2.75) is 32.0 Å². The fourth-order valence-corrected chi connectivity index (χ4v) is 6.17. The van der Waals surface area contributed by atoms with Crippen molar-refractivity contribution in [3.8, 4) is 11.5 Å². The fourth-order valence-electron chi connectivity index (χ4n) is 4.62. The maximum Gasteiger partial charge on any atom is 0.414 e. The highest BCUT2D eigenvalue weighted by Gasteiger charge is 2.40. The lowest BCUT2D eigenvalue weighted by atomic mass is 9.93. The van der Waals surface area contributed by atoms with E-state index in [1.807, 2.05) is 19.1 Å². The van der Waals surface area contributed by atoms with E-state index < -0.39 is 22.1 Å². The number of hydrogen-bond acceptors (Lipinski definition) is 7. The predicted molar refractivity (Wildman–Crippen MR) is 127 cm³/mol. The van der Waals surface area contributed by atoms with Crippen molar-refractivity contribution in [3.05, 3.63) is 53.3 Å². The van der Waals surface area contributed by atoms with E-state index in [2.05, 4.69) is 9.98 Å². The minimum absolute atomic E-state index is 0.0557. The molecule has 0 saturated carbocycles. The van der Waals surface area contributed by atoms with E-state index in [-0.39, 0.29) is 29.3 Å². The van der Waals surface area contributed by atoms with Crippen LogP contribution in [0.5, 0.6) is 11.5 Å². The molecule has 0 spiro atoms. The van der Waals surface area contributed by atoms with E-state index in [9.17, 15) is 17.6 Å². The summed E-state index contributed by atoms with van der Waals surface area (Å²) in [4.78, 5) is 23.2. The molecule has 3 heterocycles. The minimum Gasteiger partial charge on any atom is -0.456 e. The van der Waals surface area contributed by atoms with Gasteiger partial charge in [-0.3, -0.25) is 14.9 Å². The molecule has 5 rings (SSSR count). The van der Waals surface area contributed by atoms with Crippen molar-refractivity contribution in [2.24, 2.45) is 15.9 Å². The van der Waals surface area contributed by atoms with Gasteiger partial charge in [-0.05, 0) is 56.2 Å². The zero-order valence-electron chi connectivity index (χ0n) is 18.8. The van der Waals surface area contributed by atoms with Crippen LogP contribution in [0.3, 0.4) is 0 Å². The lowest BCUT2D eigenvalue weighted by Crippen LogP contribution is -2.42. The molecule has 3 aliphatic heterocycles. The van der Waals surface area contributed by atoms with Gasteiger partial charge in [-0.15, -0.1) is 0 Å². The molecule has 178 valence electrons. The highest BCUT2D eigenvalue weighted by Crippen LogP contribution is 2.42. The average molecular weight is 486 g/mol. The van der Waals surface area contributed by atoms with Crippen LogP contribution < -0.4 is 9.64 Å². The second kappa shape index (κ2) is 8.50. The number of nitrogens with zero attached hydrogens (tertiary/aromatic N) is 3. The van der Waals surface area contributed by atoms with E-state index in [1.54, 1.807) is 11.1 Å². The van der Waals surface area contributed by atoms with Gasteiger partial charge < -0.3 is 9.47 Å². The van der Waals surface area contributed by atoms with Crippen molar-refractivity contribution in [2.75, 3.05) is 23.5 Å². The number of carbonyl (C=O) groups excluding carboxylic acids is 1. The van der Waals surface area contributed by atoms with Crippen molar-refractivity contribution in [3.63, 3.8) is 0 Å². The Labute approximate surface area is 197 Å². The van der Waals surface area contributed by atoms with Gasteiger partial charge in [-0.1, -0.05) is 0 Å². The number of ether oxygens (including phenoxy) is 2. The van der Waals surface area contributed by atoms with Crippen molar-refractivity contribution >= 4 is 33.5 Å². The number of amides is 1. The molecular weight excluding hydrogens is 461 g/mol. The number of anilines is 1. The second-order valence-electron chi connectivity index (χ2n) is 8.77. The van der Waals surface area contributed by atoms with Crippen LogP contribution >= 0.6 is 0 Å². The molecule has 8 nitrogen and oxygen atoms in total. The molecule has 0 radical (unpaired) electrons. The highest BCUT2D eigenvalue weighted by atomic mass is 32.2. The Bertz CT molecular complexity index is 1290. The standard InChI is InChI=1S/C24H24FN3O5S/c1-14-3-8-19-21(28(14)24(29)32-2)10-9-18(22(19)33-17-6-4-16(25)5-7-17)20-11-26-23(27-20)15-12-34(30,31)13-15/h4-7,9-11,14-15,23H,3,8,12-13H2,1-2H3/t14-,23?/m0/s1. The van der Waals surface area contributed by atoms with Crippen molar-refractivity contribution < 1.29 is 27.1 Å². The number of sulfone groups is 1. The van der Waals surface area contributed by atoms with Gasteiger partial charge in [0, 0.05) is 29.3 Å². The fraction of sp³-hybridized carbons (Fsp3) is 0.375. The smallest absolute Gasteiger partial charge is 0.414 e. The Balaban J connectivity index is 1.57. The molecule has 1 saturated heterocycles. The monoisotopic (exact) mass is 485 g/mol. The van der Waals surface area contributed by atoms with Crippen LogP contribution in [0.2, 0.25) is 0 Å². The molecule has 1 fully saturated rings. The van der Waals surface area contributed by atoms with Crippen LogP contribution in [0.1, 0.15) is 24.5 Å². The Kier molecular flexibility index (Phi) is 5.63. The van der Waals surface area contributed by atoms with Crippen LogP contribution in [0.15, 0.2) is 46.4 Å². The SMILES string of the molecule is COC(=O)N1c2ccc(C3=NC(C4CS(=O)(=O)C4)N=C3)c(Oc3ccc(F)cc3)c2CC[C@@H]1C. The molecule has 2 aromatic rings. The van der Waals surface area contributed by atoms with Gasteiger partial charge in [0.15, 0.2) is 9.84 Å². The largest absolute Gasteiger partial charge is 0.456 e. The van der Waals surface area contributed by atoms with Crippen LogP contribution in [0.25, 0.3) is 0 Å². The molecule has 0 aliphatic carbocycles. The normalized spacial score (nSPS) is 23.1. The summed E-state index contributed by atoms with van der Waals surface area (Å²) in [5.41, 5.74) is 2.76. The summed E-state index contributed by atoms with van der Waals surface area (Å²) < 4.78 is 47.9. The number of methoxy groups -OCH3 is 1. The minimum atomic E-state index is -2.98. The quantitative estimate of drug-likeness (QED) is 0.657. The maximum absolute atomic E-state index is 13.5. The highest BCUT2D eigenvalue weighted by molar-refractivity contribution is 7.92. The van der Waals surface area contributed by atoms with E-state index in [1.165, 1.54) is 31.4 Å². The summed E-state index contributed by atoms with van der Waals surface area (Å²) in [6.45, 7) is 1.96. The Morgan fingerprint density at radius 2 is 1.88 bits per heavy atom. The zero-order chi connectivity index (χ0) is 24.0. The predicted octanol–water partition coefficient (Wildman–Crippen LogP) is 3.77. The number of fused-ring (bicyclic) bond motifs is 1. The van der Waals surface area contributed by atoms with E-state index >= 15 is 0 Å². The molecule has 0 bridgehead atoms. The molecular formula is C24H24FN3O5S. The molecule has 3 aliphatic rings. The van der Waals surface area contributed by atoms with Crippen molar-refractivity contribution in [1.82, 2.24) is 0 Å². The van der Waals surface area contributed by atoms with E-state index in [0.29, 0.717) is 41.3 Å². The number of benzene rings is 2. The Morgan fingerprint density at radius 1 is 1.15 bits per heavy atom. The second-order valence-corrected chi connectivity index (χ2v) is 10.9. The van der Waals surface area contributed by atoms with Gasteiger partial charge in [0.2, 0.25) is 0 Å². The summed E-state index contributed by atoms with van der Waals surface area (Å²) in [5.74, 6) is 0.614. The molecule has 2 aromatic carbocycles. The first-order valence-electron chi connectivity index (χ1n) is 11.0. The third-order valence-corrected chi connectivity index (χ3v) is 8.28. The Morgan fingerprint density at radius 3 is 2.56 bits per heavy atom. The van der Waals surface area contributed by atoms with Crippen LogP contribution in [-0.2, 0) is 21.0 Å². The van der Waals surface area contributed by atoms with Gasteiger partial charge in [-0.25, -0.2) is 17.6 Å². The third-order valence-electron chi connectivity index (χ3n) is 6.41. The molecule has 1 unspecified atom stereocenters. The molecule has 34 heavy (non-hydrogen) atoms. The van der Waals surface area contributed by atoms with Crippen LogP contribution in [0, 0.1) is 11.7 Å². The lowest BCUT2D eigenvalue weighted by Gasteiger charge is -2.35. The van der Waals surface area contributed by atoms with Gasteiger partial charge in [0.25, 0.3) is 0 Å². The topological polar surface area (TPSA) is 97.6 Å². The number of hydrogen-bond donors (Lipinski definition) is 0. The van der Waals surface area contributed by atoms with Crippen LogP contribution in [0.4, 0.5) is 14.9 Å². The van der Waals surface area contributed by atoms with Crippen LogP contribution in [-0.4, -0.2) is 57.3 Å². The molecule has 10 heteroatoms. The Hall–Kier alpha value is -3.27.